The summed E-state index contributed by atoms with van der Waals surface area (Å²) in [5.41, 5.74) is 2.04. The van der Waals surface area contributed by atoms with Crippen LogP contribution < -0.4 is 10.6 Å². The molecular formula is C15H18N2OS. The van der Waals surface area contributed by atoms with E-state index in [1.807, 2.05) is 24.3 Å². The Morgan fingerprint density at radius 3 is 2.58 bits per heavy atom. The third-order valence-electron chi connectivity index (χ3n) is 2.86. The van der Waals surface area contributed by atoms with E-state index < -0.39 is 0 Å². The Kier molecular flexibility index (Phi) is 4.71. The molecule has 1 aromatic carbocycles. The van der Waals surface area contributed by atoms with Gasteiger partial charge in [-0.2, -0.15) is 0 Å². The van der Waals surface area contributed by atoms with Crippen LogP contribution in [0.25, 0.3) is 0 Å². The average Bonchev–Trinajstić information content (AvgIpc) is 2.91. The predicted molar refractivity (Wildman–Crippen MR) is 80.3 cm³/mol. The molecule has 19 heavy (non-hydrogen) atoms. The van der Waals surface area contributed by atoms with E-state index >= 15 is 0 Å². The Bertz CT molecular complexity index is 520. The molecule has 100 valence electrons. The lowest BCUT2D eigenvalue weighted by Gasteiger charge is -2.12. The van der Waals surface area contributed by atoms with Crippen LogP contribution in [0.4, 0.5) is 5.69 Å². The second-order valence-corrected chi connectivity index (χ2v) is 5.48. The fraction of sp³-hybridized carbons (Fsp3) is 0.267. The minimum absolute atomic E-state index is 0.0443. The molecule has 2 rings (SSSR count). The average molecular weight is 274 g/mol. The van der Waals surface area contributed by atoms with E-state index in [0.717, 1.165) is 12.2 Å². The van der Waals surface area contributed by atoms with Gasteiger partial charge in [0.1, 0.15) is 0 Å². The monoisotopic (exact) mass is 274 g/mol. The molecule has 0 fully saturated rings. The van der Waals surface area contributed by atoms with E-state index in [-0.39, 0.29) is 5.91 Å². The second-order valence-electron chi connectivity index (χ2n) is 4.50. The van der Waals surface area contributed by atoms with Crippen molar-refractivity contribution in [3.05, 3.63) is 52.2 Å². The summed E-state index contributed by atoms with van der Waals surface area (Å²) < 4.78 is 0. The van der Waals surface area contributed by atoms with Crippen molar-refractivity contribution in [2.75, 3.05) is 5.32 Å². The van der Waals surface area contributed by atoms with E-state index in [1.54, 1.807) is 11.3 Å². The predicted octanol–water partition coefficient (Wildman–Crippen LogP) is 3.56. The number of benzene rings is 1. The number of carbonyl (C=O) groups excluding carboxylic acids is 1. The number of anilines is 1. The molecule has 1 amide bonds. The molecule has 0 aliphatic heterocycles. The van der Waals surface area contributed by atoms with Crippen molar-refractivity contribution in [2.45, 2.75) is 26.4 Å². The summed E-state index contributed by atoms with van der Waals surface area (Å²) in [7, 11) is 0. The molecule has 0 bridgehead atoms. The summed E-state index contributed by atoms with van der Waals surface area (Å²) in [6.07, 6.45) is 0. The first-order chi connectivity index (χ1) is 9.15. The van der Waals surface area contributed by atoms with E-state index in [2.05, 4.69) is 35.1 Å². The molecule has 1 atom stereocenters. The van der Waals surface area contributed by atoms with Gasteiger partial charge >= 0.3 is 0 Å². The first-order valence-corrected chi connectivity index (χ1v) is 7.16. The molecule has 2 aromatic rings. The molecule has 3 nitrogen and oxygen atoms in total. The van der Waals surface area contributed by atoms with E-state index in [0.29, 0.717) is 6.04 Å². The van der Waals surface area contributed by atoms with Gasteiger partial charge in [0.2, 0.25) is 5.91 Å². The lowest BCUT2D eigenvalue weighted by Crippen LogP contribution is -2.17. The van der Waals surface area contributed by atoms with Crippen LogP contribution in [0.15, 0.2) is 41.8 Å². The Labute approximate surface area is 117 Å². The minimum atomic E-state index is -0.0443. The smallest absolute Gasteiger partial charge is 0.221 e. The summed E-state index contributed by atoms with van der Waals surface area (Å²) >= 11 is 1.77. The molecule has 1 heterocycles. The number of hydrogen-bond donors (Lipinski definition) is 2. The van der Waals surface area contributed by atoms with Gasteiger partial charge < -0.3 is 10.6 Å². The van der Waals surface area contributed by atoms with Crippen LogP contribution in [0, 0.1) is 0 Å². The third kappa shape index (κ3) is 4.19. The van der Waals surface area contributed by atoms with Gasteiger partial charge in [-0.25, -0.2) is 0 Å². The Balaban J connectivity index is 1.88. The molecule has 0 unspecified atom stereocenters. The molecule has 0 aliphatic rings. The fourth-order valence-corrected chi connectivity index (χ4v) is 2.58. The SMILES string of the molecule is CC(=O)Nc1ccc(CN[C@H](C)c2cccs2)cc1. The van der Waals surface area contributed by atoms with Crippen molar-refractivity contribution in [1.82, 2.24) is 5.32 Å². The number of hydrogen-bond acceptors (Lipinski definition) is 3. The van der Waals surface area contributed by atoms with Crippen LogP contribution >= 0.6 is 11.3 Å². The first-order valence-electron chi connectivity index (χ1n) is 6.28. The molecule has 0 radical (unpaired) electrons. The lowest BCUT2D eigenvalue weighted by atomic mass is 10.2. The van der Waals surface area contributed by atoms with Crippen molar-refractivity contribution < 1.29 is 4.79 Å². The zero-order valence-electron chi connectivity index (χ0n) is 11.1. The van der Waals surface area contributed by atoms with Gasteiger partial charge in [0.25, 0.3) is 0 Å². The summed E-state index contributed by atoms with van der Waals surface area (Å²) in [4.78, 5) is 12.3. The van der Waals surface area contributed by atoms with Gasteiger partial charge in [-0.05, 0) is 36.1 Å². The standard InChI is InChI=1S/C15H18N2OS/c1-11(15-4-3-9-19-15)16-10-13-5-7-14(8-6-13)17-12(2)18/h3-9,11,16H,10H2,1-2H3,(H,17,18)/t11-/m1/s1. The highest BCUT2D eigenvalue weighted by atomic mass is 32.1. The van der Waals surface area contributed by atoms with Crippen LogP contribution in [0.3, 0.4) is 0 Å². The molecule has 0 spiro atoms. The number of amides is 1. The van der Waals surface area contributed by atoms with Gasteiger partial charge in [-0.15, -0.1) is 11.3 Å². The maximum Gasteiger partial charge on any atom is 0.221 e. The Morgan fingerprint density at radius 2 is 2.00 bits per heavy atom. The van der Waals surface area contributed by atoms with Gasteiger partial charge in [-0.3, -0.25) is 4.79 Å². The normalized spacial score (nSPS) is 12.1. The molecule has 0 aliphatic carbocycles. The zero-order chi connectivity index (χ0) is 13.7. The van der Waals surface area contributed by atoms with E-state index in [1.165, 1.54) is 17.4 Å². The maximum atomic E-state index is 10.9. The number of nitrogens with one attached hydrogen (secondary N) is 2. The van der Waals surface area contributed by atoms with Crippen molar-refractivity contribution in [1.29, 1.82) is 0 Å². The maximum absolute atomic E-state index is 10.9. The van der Waals surface area contributed by atoms with Crippen molar-refractivity contribution in [2.24, 2.45) is 0 Å². The highest BCUT2D eigenvalue weighted by Crippen LogP contribution is 2.18. The zero-order valence-corrected chi connectivity index (χ0v) is 12.0. The minimum Gasteiger partial charge on any atom is -0.326 e. The van der Waals surface area contributed by atoms with Crippen LogP contribution in [0.1, 0.15) is 30.3 Å². The highest BCUT2D eigenvalue weighted by Gasteiger charge is 2.05. The van der Waals surface area contributed by atoms with Gasteiger partial charge in [0.15, 0.2) is 0 Å². The second kappa shape index (κ2) is 6.50. The molecule has 0 saturated carbocycles. The number of carbonyl (C=O) groups is 1. The van der Waals surface area contributed by atoms with Crippen molar-refractivity contribution in [3.8, 4) is 0 Å². The lowest BCUT2D eigenvalue weighted by molar-refractivity contribution is -0.114. The third-order valence-corrected chi connectivity index (χ3v) is 3.91. The topological polar surface area (TPSA) is 41.1 Å². The molecule has 1 aromatic heterocycles. The molecule has 0 saturated heterocycles. The van der Waals surface area contributed by atoms with Crippen LogP contribution in [0.5, 0.6) is 0 Å². The van der Waals surface area contributed by atoms with Crippen molar-refractivity contribution >= 4 is 22.9 Å². The number of rotatable bonds is 5. The van der Waals surface area contributed by atoms with E-state index in [4.69, 9.17) is 0 Å². The van der Waals surface area contributed by atoms with Crippen LogP contribution in [-0.2, 0) is 11.3 Å². The quantitative estimate of drug-likeness (QED) is 0.875. The molecular weight excluding hydrogens is 256 g/mol. The fourth-order valence-electron chi connectivity index (χ4n) is 1.82. The summed E-state index contributed by atoms with van der Waals surface area (Å²) in [5.74, 6) is -0.0443. The first kappa shape index (κ1) is 13.8. The summed E-state index contributed by atoms with van der Waals surface area (Å²) in [6, 6.07) is 12.5. The summed E-state index contributed by atoms with van der Waals surface area (Å²) in [5, 5.41) is 8.34. The number of thiophene rings is 1. The van der Waals surface area contributed by atoms with Gasteiger partial charge in [0, 0.05) is 30.1 Å². The van der Waals surface area contributed by atoms with E-state index in [9.17, 15) is 4.79 Å². The van der Waals surface area contributed by atoms with Gasteiger partial charge in [0.05, 0.1) is 0 Å². The largest absolute Gasteiger partial charge is 0.326 e. The van der Waals surface area contributed by atoms with Crippen LogP contribution in [-0.4, -0.2) is 5.91 Å². The summed E-state index contributed by atoms with van der Waals surface area (Å²) in [6.45, 7) is 4.50. The molecule has 4 heteroatoms. The Morgan fingerprint density at radius 1 is 1.26 bits per heavy atom. The van der Waals surface area contributed by atoms with Crippen molar-refractivity contribution in [3.63, 3.8) is 0 Å². The van der Waals surface area contributed by atoms with Crippen LogP contribution in [0.2, 0.25) is 0 Å². The molecule has 2 N–H and O–H groups in total. The highest BCUT2D eigenvalue weighted by molar-refractivity contribution is 7.10. The Hall–Kier alpha value is -1.65. The van der Waals surface area contributed by atoms with Gasteiger partial charge in [-0.1, -0.05) is 18.2 Å².